The normalized spacial score (nSPS) is 12.4. The molecule has 7 heteroatoms. The maximum Gasteiger partial charge on any atom is 0.244 e. The van der Waals surface area contributed by atoms with Crippen LogP contribution in [-0.4, -0.2) is 30.4 Å². The van der Waals surface area contributed by atoms with E-state index in [1.807, 2.05) is 0 Å². The van der Waals surface area contributed by atoms with Crippen LogP contribution >= 0.6 is 23.2 Å². The zero-order valence-corrected chi connectivity index (χ0v) is 13.3. The first-order valence-corrected chi connectivity index (χ1v) is 8.06. The van der Waals surface area contributed by atoms with Gasteiger partial charge in [-0.1, -0.05) is 30.1 Å². The summed E-state index contributed by atoms with van der Waals surface area (Å²) in [5.74, 6) is 0. The molecular formula is C12H17Cl2NO3S. The quantitative estimate of drug-likeness (QED) is 0.905. The van der Waals surface area contributed by atoms with Gasteiger partial charge in [-0.05, 0) is 26.0 Å². The van der Waals surface area contributed by atoms with Crippen LogP contribution < -0.4 is 0 Å². The number of hydrogen-bond acceptors (Lipinski definition) is 3. The van der Waals surface area contributed by atoms with Gasteiger partial charge < -0.3 is 5.11 Å². The molecule has 0 unspecified atom stereocenters. The summed E-state index contributed by atoms with van der Waals surface area (Å²) in [5, 5.41) is 9.45. The van der Waals surface area contributed by atoms with Gasteiger partial charge in [0.05, 0.1) is 11.6 Å². The highest BCUT2D eigenvalue weighted by molar-refractivity contribution is 7.89. The Morgan fingerprint density at radius 1 is 1.32 bits per heavy atom. The van der Waals surface area contributed by atoms with Gasteiger partial charge in [-0.2, -0.15) is 4.31 Å². The molecule has 1 aromatic carbocycles. The van der Waals surface area contributed by atoms with E-state index in [2.05, 4.69) is 0 Å². The number of halogens is 2. The molecule has 108 valence electrons. The molecule has 0 saturated heterocycles. The van der Waals surface area contributed by atoms with Gasteiger partial charge >= 0.3 is 0 Å². The number of aliphatic hydroxyl groups is 1. The fourth-order valence-corrected chi connectivity index (χ4v) is 4.38. The van der Waals surface area contributed by atoms with Crippen LogP contribution in [0, 0.1) is 0 Å². The van der Waals surface area contributed by atoms with Crippen molar-refractivity contribution >= 4 is 33.2 Å². The molecule has 0 amide bonds. The van der Waals surface area contributed by atoms with Crippen molar-refractivity contribution in [3.63, 3.8) is 0 Å². The molecule has 0 spiro atoms. The molecule has 1 N–H and O–H groups in total. The first-order valence-electron chi connectivity index (χ1n) is 5.86. The minimum Gasteiger partial charge on any atom is -0.392 e. The molecule has 0 aliphatic heterocycles. The van der Waals surface area contributed by atoms with Crippen molar-refractivity contribution < 1.29 is 13.5 Å². The number of hydrogen-bond donors (Lipinski definition) is 1. The predicted molar refractivity (Wildman–Crippen MR) is 77.1 cm³/mol. The second-order valence-electron chi connectivity index (χ2n) is 4.30. The van der Waals surface area contributed by atoms with Crippen molar-refractivity contribution in [2.75, 3.05) is 6.54 Å². The Hall–Kier alpha value is -0.330. The average molecular weight is 326 g/mol. The van der Waals surface area contributed by atoms with Crippen LogP contribution in [0.15, 0.2) is 17.0 Å². The van der Waals surface area contributed by atoms with Gasteiger partial charge in [0.1, 0.15) is 4.90 Å². The zero-order chi connectivity index (χ0) is 14.8. The number of rotatable bonds is 5. The minimum absolute atomic E-state index is 0.0194. The topological polar surface area (TPSA) is 57.6 Å². The molecular weight excluding hydrogens is 309 g/mol. The average Bonchev–Trinajstić information content (AvgIpc) is 2.28. The van der Waals surface area contributed by atoms with E-state index in [0.29, 0.717) is 6.54 Å². The lowest BCUT2D eigenvalue weighted by Gasteiger charge is -2.25. The van der Waals surface area contributed by atoms with E-state index in [1.54, 1.807) is 20.8 Å². The molecule has 0 aliphatic rings. The Labute approximate surface area is 124 Å². The Kier molecular flexibility index (Phi) is 5.65. The number of nitrogens with zero attached hydrogens (tertiary/aromatic N) is 1. The fourth-order valence-electron chi connectivity index (χ4n) is 1.86. The van der Waals surface area contributed by atoms with E-state index in [-0.39, 0.29) is 26.5 Å². The third-order valence-electron chi connectivity index (χ3n) is 2.78. The van der Waals surface area contributed by atoms with Crippen molar-refractivity contribution in [2.45, 2.75) is 38.3 Å². The van der Waals surface area contributed by atoms with Crippen LogP contribution in [-0.2, 0) is 16.6 Å². The number of benzene rings is 1. The van der Waals surface area contributed by atoms with Gasteiger partial charge in [0.25, 0.3) is 0 Å². The first kappa shape index (κ1) is 16.7. The Morgan fingerprint density at radius 3 is 2.32 bits per heavy atom. The standard InChI is InChI=1S/C12H17Cl2NO3S/c1-4-15(8(2)3)19(17,18)11-6-5-10(13)9(7-16)12(11)14/h5-6,8,16H,4,7H2,1-3H3. The van der Waals surface area contributed by atoms with Gasteiger partial charge in [0.2, 0.25) is 10.0 Å². The summed E-state index contributed by atoms with van der Waals surface area (Å²) in [4.78, 5) is -0.0295. The van der Waals surface area contributed by atoms with Crippen molar-refractivity contribution in [1.82, 2.24) is 4.31 Å². The van der Waals surface area contributed by atoms with Gasteiger partial charge in [-0.15, -0.1) is 0 Å². The van der Waals surface area contributed by atoms with E-state index < -0.39 is 16.6 Å². The lowest BCUT2D eigenvalue weighted by molar-refractivity contribution is 0.281. The van der Waals surface area contributed by atoms with Gasteiger partial charge in [0, 0.05) is 23.2 Å². The van der Waals surface area contributed by atoms with E-state index >= 15 is 0 Å². The highest BCUT2D eigenvalue weighted by atomic mass is 35.5. The summed E-state index contributed by atoms with van der Waals surface area (Å²) in [6, 6.07) is 2.61. The van der Waals surface area contributed by atoms with Crippen molar-refractivity contribution in [2.24, 2.45) is 0 Å². The Morgan fingerprint density at radius 2 is 1.89 bits per heavy atom. The van der Waals surface area contributed by atoms with Crippen LogP contribution in [0.25, 0.3) is 0 Å². The molecule has 0 radical (unpaired) electrons. The monoisotopic (exact) mass is 325 g/mol. The van der Waals surface area contributed by atoms with Gasteiger partial charge in [-0.25, -0.2) is 8.42 Å². The van der Waals surface area contributed by atoms with Crippen molar-refractivity contribution in [3.05, 3.63) is 27.7 Å². The lowest BCUT2D eigenvalue weighted by atomic mass is 10.2. The van der Waals surface area contributed by atoms with Crippen LogP contribution in [0.4, 0.5) is 0 Å². The number of sulfonamides is 1. The Bertz CT molecular complexity index is 558. The zero-order valence-electron chi connectivity index (χ0n) is 11.0. The van der Waals surface area contributed by atoms with E-state index in [1.165, 1.54) is 16.4 Å². The molecule has 0 heterocycles. The maximum absolute atomic E-state index is 12.5. The SMILES string of the molecule is CCN(C(C)C)S(=O)(=O)c1ccc(Cl)c(CO)c1Cl. The van der Waals surface area contributed by atoms with Crippen molar-refractivity contribution in [3.8, 4) is 0 Å². The first-order chi connectivity index (χ1) is 8.77. The molecule has 0 saturated carbocycles. The largest absolute Gasteiger partial charge is 0.392 e. The summed E-state index contributed by atoms with van der Waals surface area (Å²) >= 11 is 11.9. The third kappa shape index (κ3) is 3.23. The van der Waals surface area contributed by atoms with Crippen LogP contribution in [0.2, 0.25) is 10.0 Å². The second kappa shape index (κ2) is 6.41. The Balaban J connectivity index is 3.46. The number of aliphatic hydroxyl groups excluding tert-OH is 1. The van der Waals surface area contributed by atoms with Crippen LogP contribution in [0.3, 0.4) is 0 Å². The fraction of sp³-hybridized carbons (Fsp3) is 0.500. The molecule has 1 rings (SSSR count). The molecule has 0 fully saturated rings. The molecule has 19 heavy (non-hydrogen) atoms. The molecule has 0 bridgehead atoms. The van der Waals surface area contributed by atoms with Crippen LogP contribution in [0.5, 0.6) is 0 Å². The highest BCUT2D eigenvalue weighted by Gasteiger charge is 2.29. The van der Waals surface area contributed by atoms with E-state index in [9.17, 15) is 13.5 Å². The minimum atomic E-state index is -3.70. The molecule has 0 aromatic heterocycles. The van der Waals surface area contributed by atoms with Crippen LogP contribution in [0.1, 0.15) is 26.3 Å². The molecule has 4 nitrogen and oxygen atoms in total. The lowest BCUT2D eigenvalue weighted by Crippen LogP contribution is -2.36. The predicted octanol–water partition coefficient (Wildman–Crippen LogP) is 2.90. The summed E-state index contributed by atoms with van der Waals surface area (Å²) in [6.07, 6.45) is 0. The van der Waals surface area contributed by atoms with E-state index in [4.69, 9.17) is 23.2 Å². The van der Waals surface area contributed by atoms with Gasteiger partial charge in [-0.3, -0.25) is 0 Å². The molecule has 1 aromatic rings. The summed E-state index contributed by atoms with van der Waals surface area (Å²) in [7, 11) is -3.70. The summed E-state index contributed by atoms with van der Waals surface area (Å²) in [6.45, 7) is 5.27. The molecule has 0 aliphatic carbocycles. The van der Waals surface area contributed by atoms with Gasteiger partial charge in [0.15, 0.2) is 0 Å². The molecule has 0 atom stereocenters. The highest BCUT2D eigenvalue weighted by Crippen LogP contribution is 2.33. The van der Waals surface area contributed by atoms with Crippen molar-refractivity contribution in [1.29, 1.82) is 0 Å². The van der Waals surface area contributed by atoms with E-state index in [0.717, 1.165) is 0 Å². The second-order valence-corrected chi connectivity index (χ2v) is 6.94. The summed E-state index contributed by atoms with van der Waals surface area (Å²) < 4.78 is 26.4. The third-order valence-corrected chi connectivity index (χ3v) is 5.87. The smallest absolute Gasteiger partial charge is 0.244 e. The maximum atomic E-state index is 12.5. The summed E-state index contributed by atoms with van der Waals surface area (Å²) in [5.41, 5.74) is 0.226.